The van der Waals surface area contributed by atoms with Crippen LogP contribution < -0.4 is 5.73 Å². The molecule has 104 valence electrons. The topological polar surface area (TPSA) is 59.2 Å². The predicted molar refractivity (Wildman–Crippen MR) is 82.7 cm³/mol. The van der Waals surface area contributed by atoms with Gasteiger partial charge in [-0.2, -0.15) is 0 Å². The normalized spacial score (nSPS) is 18.8. The highest BCUT2D eigenvalue weighted by Gasteiger charge is 2.25. The molecule has 0 spiro atoms. The minimum Gasteiger partial charge on any atom is -0.337 e. The molecule has 0 bridgehead atoms. The van der Waals surface area contributed by atoms with Crippen LogP contribution in [0.3, 0.4) is 0 Å². The van der Waals surface area contributed by atoms with Gasteiger partial charge in [0.15, 0.2) is 0 Å². The van der Waals surface area contributed by atoms with Gasteiger partial charge in [0.25, 0.3) is 5.91 Å². The standard InChI is InChI=1S/C15H16BrN3O/c1-9-6-13(15(20)19-5-4-11(17)8-19)12-3-2-10(16)7-14(12)18-9/h2-3,6-7,11H,4-5,8,17H2,1H3/t11-/m0/s1. The second-order valence-electron chi connectivity index (χ2n) is 5.27. The molecule has 1 saturated heterocycles. The van der Waals surface area contributed by atoms with Crippen LogP contribution in [0, 0.1) is 6.92 Å². The van der Waals surface area contributed by atoms with Crippen LogP contribution in [0.25, 0.3) is 10.9 Å². The quantitative estimate of drug-likeness (QED) is 0.872. The van der Waals surface area contributed by atoms with Crippen LogP contribution >= 0.6 is 15.9 Å². The molecule has 20 heavy (non-hydrogen) atoms. The van der Waals surface area contributed by atoms with E-state index in [1.807, 2.05) is 36.1 Å². The SMILES string of the molecule is Cc1cc(C(=O)N2CC[C@H](N)C2)c2ccc(Br)cc2n1. The van der Waals surface area contributed by atoms with Crippen molar-refractivity contribution in [1.82, 2.24) is 9.88 Å². The van der Waals surface area contributed by atoms with Crippen LogP contribution in [0.4, 0.5) is 0 Å². The summed E-state index contributed by atoms with van der Waals surface area (Å²) in [5.74, 6) is 0.0516. The second kappa shape index (κ2) is 5.14. The van der Waals surface area contributed by atoms with Crippen LogP contribution in [0.5, 0.6) is 0 Å². The zero-order valence-corrected chi connectivity index (χ0v) is 12.9. The zero-order chi connectivity index (χ0) is 14.3. The number of rotatable bonds is 1. The van der Waals surface area contributed by atoms with E-state index in [0.717, 1.165) is 34.0 Å². The van der Waals surface area contributed by atoms with Gasteiger partial charge in [-0.1, -0.05) is 22.0 Å². The van der Waals surface area contributed by atoms with E-state index >= 15 is 0 Å². The average molecular weight is 334 g/mol. The minimum absolute atomic E-state index is 0.0516. The number of halogens is 1. The molecule has 1 amide bonds. The minimum atomic E-state index is 0.0516. The van der Waals surface area contributed by atoms with Gasteiger partial charge >= 0.3 is 0 Å². The van der Waals surface area contributed by atoms with Crippen LogP contribution in [-0.4, -0.2) is 34.9 Å². The summed E-state index contributed by atoms with van der Waals surface area (Å²) in [4.78, 5) is 19.0. The summed E-state index contributed by atoms with van der Waals surface area (Å²) < 4.78 is 0.963. The van der Waals surface area contributed by atoms with E-state index in [2.05, 4.69) is 20.9 Å². The Bertz CT molecular complexity index is 681. The summed E-state index contributed by atoms with van der Waals surface area (Å²) in [6.07, 6.45) is 0.874. The van der Waals surface area contributed by atoms with Crippen molar-refractivity contribution in [1.29, 1.82) is 0 Å². The summed E-state index contributed by atoms with van der Waals surface area (Å²) in [5.41, 5.74) is 8.30. The first-order valence-electron chi connectivity index (χ1n) is 6.66. The molecule has 1 atom stereocenters. The van der Waals surface area contributed by atoms with Crippen molar-refractivity contribution >= 4 is 32.7 Å². The molecule has 1 aliphatic heterocycles. The lowest BCUT2D eigenvalue weighted by Crippen LogP contribution is -2.32. The van der Waals surface area contributed by atoms with E-state index in [-0.39, 0.29) is 11.9 Å². The number of amides is 1. The monoisotopic (exact) mass is 333 g/mol. The molecule has 1 aromatic carbocycles. The lowest BCUT2D eigenvalue weighted by Gasteiger charge is -2.17. The number of benzene rings is 1. The molecule has 5 heteroatoms. The number of nitrogens with two attached hydrogens (primary N) is 1. The molecule has 2 N–H and O–H groups in total. The number of aromatic nitrogens is 1. The highest BCUT2D eigenvalue weighted by atomic mass is 79.9. The van der Waals surface area contributed by atoms with Gasteiger partial charge < -0.3 is 10.6 Å². The van der Waals surface area contributed by atoms with Crippen molar-refractivity contribution in [2.75, 3.05) is 13.1 Å². The van der Waals surface area contributed by atoms with Crippen LogP contribution in [0.2, 0.25) is 0 Å². The molecule has 4 nitrogen and oxygen atoms in total. The van der Waals surface area contributed by atoms with E-state index in [4.69, 9.17) is 5.73 Å². The van der Waals surface area contributed by atoms with Gasteiger partial charge in [-0.25, -0.2) is 0 Å². The predicted octanol–water partition coefficient (Wildman–Crippen LogP) is 2.48. The van der Waals surface area contributed by atoms with Crippen LogP contribution in [0.15, 0.2) is 28.7 Å². The molecule has 2 aromatic rings. The third-order valence-corrected chi connectivity index (χ3v) is 4.14. The van der Waals surface area contributed by atoms with Gasteiger partial charge in [0.1, 0.15) is 0 Å². The molecule has 2 heterocycles. The summed E-state index contributed by atoms with van der Waals surface area (Å²) in [5, 5.41) is 0.893. The zero-order valence-electron chi connectivity index (χ0n) is 11.3. The number of hydrogen-bond acceptors (Lipinski definition) is 3. The fourth-order valence-corrected chi connectivity index (χ4v) is 3.00. The lowest BCUT2D eigenvalue weighted by molar-refractivity contribution is 0.0792. The largest absolute Gasteiger partial charge is 0.337 e. The number of likely N-dealkylation sites (tertiary alicyclic amines) is 1. The Morgan fingerprint density at radius 2 is 2.25 bits per heavy atom. The van der Waals surface area contributed by atoms with E-state index in [1.165, 1.54) is 0 Å². The van der Waals surface area contributed by atoms with Gasteiger partial charge in [-0.05, 0) is 31.5 Å². The highest BCUT2D eigenvalue weighted by molar-refractivity contribution is 9.10. The van der Waals surface area contributed by atoms with E-state index in [1.54, 1.807) is 0 Å². The third kappa shape index (κ3) is 2.43. The van der Waals surface area contributed by atoms with Crippen molar-refractivity contribution in [3.8, 4) is 0 Å². The first-order chi connectivity index (χ1) is 9.54. The fraction of sp³-hybridized carbons (Fsp3) is 0.333. The molecular formula is C15H16BrN3O. The number of pyridine rings is 1. The smallest absolute Gasteiger partial charge is 0.254 e. The molecule has 1 fully saturated rings. The second-order valence-corrected chi connectivity index (χ2v) is 6.19. The van der Waals surface area contributed by atoms with Crippen LogP contribution in [-0.2, 0) is 0 Å². The molecule has 3 rings (SSSR count). The molecule has 0 saturated carbocycles. The summed E-state index contributed by atoms with van der Waals surface area (Å²) in [6, 6.07) is 7.78. The average Bonchev–Trinajstić information content (AvgIpc) is 2.83. The molecular weight excluding hydrogens is 318 g/mol. The molecule has 1 aliphatic rings. The number of carbonyl (C=O) groups excluding carboxylic acids is 1. The Hall–Kier alpha value is -1.46. The molecule has 0 unspecified atom stereocenters. The summed E-state index contributed by atoms with van der Waals surface area (Å²) in [7, 11) is 0. The van der Waals surface area contributed by atoms with Gasteiger partial charge in [-0.3, -0.25) is 9.78 Å². The van der Waals surface area contributed by atoms with Crippen LogP contribution in [0.1, 0.15) is 22.5 Å². The maximum Gasteiger partial charge on any atom is 0.254 e. The van der Waals surface area contributed by atoms with Gasteiger partial charge in [0.05, 0.1) is 11.1 Å². The van der Waals surface area contributed by atoms with Crippen molar-refractivity contribution in [2.45, 2.75) is 19.4 Å². The highest BCUT2D eigenvalue weighted by Crippen LogP contribution is 2.24. The Labute approximate surface area is 126 Å². The Morgan fingerprint density at radius 3 is 2.95 bits per heavy atom. The van der Waals surface area contributed by atoms with Crippen molar-refractivity contribution in [3.05, 3.63) is 40.0 Å². The first-order valence-corrected chi connectivity index (χ1v) is 7.45. The Kier molecular flexibility index (Phi) is 3.48. The third-order valence-electron chi connectivity index (χ3n) is 3.64. The number of aryl methyl sites for hydroxylation is 1. The maximum absolute atomic E-state index is 12.7. The number of carbonyl (C=O) groups is 1. The Morgan fingerprint density at radius 1 is 1.45 bits per heavy atom. The van der Waals surface area contributed by atoms with Gasteiger partial charge in [-0.15, -0.1) is 0 Å². The van der Waals surface area contributed by atoms with Gasteiger partial charge in [0.2, 0.25) is 0 Å². The fourth-order valence-electron chi connectivity index (χ4n) is 2.65. The summed E-state index contributed by atoms with van der Waals surface area (Å²) >= 11 is 3.44. The number of hydrogen-bond donors (Lipinski definition) is 1. The number of nitrogens with zero attached hydrogens (tertiary/aromatic N) is 2. The van der Waals surface area contributed by atoms with Crippen molar-refractivity contribution < 1.29 is 4.79 Å². The van der Waals surface area contributed by atoms with Crippen molar-refractivity contribution in [2.24, 2.45) is 5.73 Å². The lowest BCUT2D eigenvalue weighted by atomic mass is 10.1. The first kappa shape index (κ1) is 13.5. The molecule has 0 aliphatic carbocycles. The van der Waals surface area contributed by atoms with E-state index in [0.29, 0.717) is 12.1 Å². The van der Waals surface area contributed by atoms with Crippen molar-refractivity contribution in [3.63, 3.8) is 0 Å². The maximum atomic E-state index is 12.7. The molecule has 1 aromatic heterocycles. The van der Waals surface area contributed by atoms with E-state index < -0.39 is 0 Å². The molecule has 0 radical (unpaired) electrons. The summed E-state index contributed by atoms with van der Waals surface area (Å²) in [6.45, 7) is 3.28. The van der Waals surface area contributed by atoms with E-state index in [9.17, 15) is 4.79 Å². The number of fused-ring (bicyclic) bond motifs is 1. The van der Waals surface area contributed by atoms with Gasteiger partial charge in [0, 0.05) is 34.7 Å². The Balaban J connectivity index is 2.08.